The number of aromatic nitrogens is 4. The molecule has 0 spiro atoms. The number of carboxylic acids is 1. The van der Waals surface area contributed by atoms with Crippen LogP contribution in [0.25, 0.3) is 22.2 Å². The number of aliphatic carboxylic acids is 1. The van der Waals surface area contributed by atoms with Gasteiger partial charge in [-0.15, -0.1) is 0 Å². The molecular weight excluding hydrogens is 497 g/mol. The molecule has 36 heavy (non-hydrogen) atoms. The third-order valence-electron chi connectivity index (χ3n) is 6.05. The molecule has 0 aliphatic rings. The monoisotopic (exact) mass is 519 g/mol. The number of H-pyrrole nitrogens is 1. The van der Waals surface area contributed by atoms with Gasteiger partial charge < -0.3 is 10.1 Å². The van der Waals surface area contributed by atoms with E-state index in [-0.39, 0.29) is 13.1 Å². The summed E-state index contributed by atoms with van der Waals surface area (Å²) in [6.45, 7) is 0.510. The zero-order valence-electron chi connectivity index (χ0n) is 19.2. The lowest BCUT2D eigenvalue weighted by molar-refractivity contribution is -0.139. The van der Waals surface area contributed by atoms with Crippen molar-refractivity contribution in [3.8, 4) is 11.3 Å². The second-order valence-corrected chi connectivity index (χ2v) is 9.24. The van der Waals surface area contributed by atoms with Gasteiger partial charge in [0.2, 0.25) is 0 Å². The van der Waals surface area contributed by atoms with Crippen molar-refractivity contribution in [2.75, 3.05) is 0 Å². The Kier molecular flexibility index (Phi) is 7.04. The number of fused-ring (bicyclic) bond motifs is 1. The van der Waals surface area contributed by atoms with E-state index in [1.165, 1.54) is 0 Å². The van der Waals surface area contributed by atoms with E-state index in [1.807, 2.05) is 60.8 Å². The molecule has 9 heteroatoms. The minimum atomic E-state index is -0.934. The number of hydrogen-bond acceptors (Lipinski definition) is 4. The Bertz CT molecular complexity index is 1490. The van der Waals surface area contributed by atoms with Crippen molar-refractivity contribution in [3.63, 3.8) is 0 Å². The van der Waals surface area contributed by atoms with Crippen LogP contribution < -0.4 is 5.32 Å². The van der Waals surface area contributed by atoms with Gasteiger partial charge in [-0.1, -0.05) is 77.8 Å². The Hall–Kier alpha value is -3.65. The van der Waals surface area contributed by atoms with Crippen LogP contribution in [0.15, 0.2) is 79.0 Å². The van der Waals surface area contributed by atoms with Crippen molar-refractivity contribution in [3.05, 3.63) is 106 Å². The number of rotatable bonds is 9. The summed E-state index contributed by atoms with van der Waals surface area (Å²) >= 11 is 12.7. The Morgan fingerprint density at radius 2 is 1.69 bits per heavy atom. The molecule has 2 heterocycles. The van der Waals surface area contributed by atoms with Gasteiger partial charge in [-0.2, -0.15) is 15.0 Å². The molecule has 2 aromatic heterocycles. The maximum atomic E-state index is 12.1. The zero-order valence-corrected chi connectivity index (χ0v) is 20.7. The summed E-state index contributed by atoms with van der Waals surface area (Å²) in [4.78, 5) is 16.9. The van der Waals surface area contributed by atoms with Crippen LogP contribution in [0.1, 0.15) is 16.8 Å². The topological polar surface area (TPSA) is 95.8 Å². The first kappa shape index (κ1) is 24.1. The first-order valence-electron chi connectivity index (χ1n) is 11.4. The number of carbonyl (C=O) groups is 1. The molecule has 0 bridgehead atoms. The van der Waals surface area contributed by atoms with E-state index < -0.39 is 12.0 Å². The number of aromatic amines is 1. The van der Waals surface area contributed by atoms with Crippen LogP contribution in [0.5, 0.6) is 0 Å². The highest BCUT2D eigenvalue weighted by Crippen LogP contribution is 2.26. The minimum Gasteiger partial charge on any atom is -0.480 e. The van der Waals surface area contributed by atoms with E-state index in [9.17, 15) is 9.90 Å². The fourth-order valence-corrected chi connectivity index (χ4v) is 4.72. The molecule has 0 unspecified atom stereocenters. The van der Waals surface area contributed by atoms with Gasteiger partial charge in [0.1, 0.15) is 17.4 Å². The first-order chi connectivity index (χ1) is 17.5. The predicted molar refractivity (Wildman–Crippen MR) is 141 cm³/mol. The number of para-hydroxylation sites is 1. The summed E-state index contributed by atoms with van der Waals surface area (Å²) in [6.07, 6.45) is 2.19. The molecule has 0 radical (unpaired) electrons. The Balaban J connectivity index is 1.41. The third kappa shape index (κ3) is 5.14. The van der Waals surface area contributed by atoms with Crippen LogP contribution in [0.3, 0.4) is 0 Å². The number of benzene rings is 3. The molecule has 1 atom stereocenters. The van der Waals surface area contributed by atoms with Crippen LogP contribution in [0, 0.1) is 0 Å². The van der Waals surface area contributed by atoms with Gasteiger partial charge in [0.05, 0.1) is 6.54 Å². The zero-order chi connectivity index (χ0) is 25.1. The van der Waals surface area contributed by atoms with Gasteiger partial charge in [0.25, 0.3) is 0 Å². The Morgan fingerprint density at radius 3 is 2.44 bits per heavy atom. The van der Waals surface area contributed by atoms with E-state index >= 15 is 0 Å². The van der Waals surface area contributed by atoms with E-state index in [0.717, 1.165) is 27.6 Å². The molecule has 0 aliphatic heterocycles. The van der Waals surface area contributed by atoms with Crippen molar-refractivity contribution in [1.82, 2.24) is 25.3 Å². The average Bonchev–Trinajstić information content (AvgIpc) is 3.48. The highest BCUT2D eigenvalue weighted by Gasteiger charge is 2.22. The first-order valence-corrected chi connectivity index (χ1v) is 12.2. The van der Waals surface area contributed by atoms with Crippen molar-refractivity contribution >= 4 is 40.1 Å². The molecular formula is C27H23Cl2N5O2. The van der Waals surface area contributed by atoms with Gasteiger partial charge in [0, 0.05) is 51.2 Å². The lowest BCUT2D eigenvalue weighted by Gasteiger charge is -2.13. The molecule has 0 fully saturated rings. The molecule has 3 aromatic carbocycles. The van der Waals surface area contributed by atoms with Crippen LogP contribution in [-0.2, 0) is 24.3 Å². The summed E-state index contributed by atoms with van der Waals surface area (Å²) in [5.41, 5.74) is 4.82. The molecule has 0 amide bonds. The number of hydrogen-bond donors (Lipinski definition) is 3. The van der Waals surface area contributed by atoms with Crippen molar-refractivity contribution in [1.29, 1.82) is 0 Å². The minimum absolute atomic E-state index is 0.222. The third-order valence-corrected chi connectivity index (χ3v) is 6.75. The highest BCUT2D eigenvalue weighted by atomic mass is 35.5. The van der Waals surface area contributed by atoms with Gasteiger partial charge in [-0.05, 0) is 23.8 Å². The number of nitrogens with zero attached hydrogens (tertiary/aromatic N) is 3. The summed E-state index contributed by atoms with van der Waals surface area (Å²) in [5.74, 6) is -0.934. The maximum Gasteiger partial charge on any atom is 0.321 e. The van der Waals surface area contributed by atoms with E-state index in [1.54, 1.807) is 23.0 Å². The number of carboxylic acid groups (broad SMARTS) is 1. The summed E-state index contributed by atoms with van der Waals surface area (Å²) < 4.78 is 0. The van der Waals surface area contributed by atoms with Gasteiger partial charge in [-0.25, -0.2) is 0 Å². The fraction of sp³-hybridized carbons (Fsp3) is 0.148. The molecule has 0 saturated heterocycles. The van der Waals surface area contributed by atoms with Crippen molar-refractivity contribution < 1.29 is 9.90 Å². The van der Waals surface area contributed by atoms with Crippen LogP contribution in [0.2, 0.25) is 10.0 Å². The van der Waals surface area contributed by atoms with Gasteiger partial charge in [-0.3, -0.25) is 10.1 Å². The molecule has 5 rings (SSSR count). The molecule has 0 saturated carbocycles. The molecule has 3 N–H and O–H groups in total. The molecule has 182 valence electrons. The lowest BCUT2D eigenvalue weighted by Crippen LogP contribution is -2.38. The van der Waals surface area contributed by atoms with Crippen molar-refractivity contribution in [2.45, 2.75) is 25.6 Å². The van der Waals surface area contributed by atoms with E-state index in [2.05, 4.69) is 15.4 Å². The largest absolute Gasteiger partial charge is 0.480 e. The smallest absolute Gasteiger partial charge is 0.321 e. The molecule has 7 nitrogen and oxygen atoms in total. The number of halogens is 2. The summed E-state index contributed by atoms with van der Waals surface area (Å²) in [5, 5.41) is 24.5. The standard InChI is InChI=1S/C27H23Cl2N5O2/c28-21-10-6-11-22(29)20(21)16-34-32-25(26(33-34)17-7-2-1-3-8-17)15-31-24(27(35)36)13-18-14-30-23-12-5-4-9-19(18)23/h1-12,14,24,30-31H,13,15-16H2,(H,35,36)/t24-/m0/s1. The van der Waals surface area contributed by atoms with Gasteiger partial charge >= 0.3 is 5.97 Å². The maximum absolute atomic E-state index is 12.1. The van der Waals surface area contributed by atoms with Gasteiger partial charge in [0.15, 0.2) is 0 Å². The Labute approximate surface area is 217 Å². The fourth-order valence-electron chi connectivity index (χ4n) is 4.20. The average molecular weight is 520 g/mol. The second-order valence-electron chi connectivity index (χ2n) is 8.43. The molecule has 0 aliphatic carbocycles. The normalized spacial score (nSPS) is 12.2. The van der Waals surface area contributed by atoms with Crippen molar-refractivity contribution in [2.24, 2.45) is 0 Å². The summed E-state index contributed by atoms with van der Waals surface area (Å²) in [6, 6.07) is 22.0. The SMILES string of the molecule is O=C(O)[C@H](Cc1c[nH]c2ccccc12)NCc1nn(Cc2c(Cl)cccc2Cl)nc1-c1ccccc1. The van der Waals surface area contributed by atoms with Crippen LogP contribution in [0.4, 0.5) is 0 Å². The Morgan fingerprint density at radius 1 is 0.972 bits per heavy atom. The van der Waals surface area contributed by atoms with E-state index in [4.69, 9.17) is 28.3 Å². The van der Waals surface area contributed by atoms with E-state index in [0.29, 0.717) is 27.9 Å². The quantitative estimate of drug-likeness (QED) is 0.236. The van der Waals surface area contributed by atoms with Crippen LogP contribution in [-0.4, -0.2) is 37.1 Å². The van der Waals surface area contributed by atoms with Crippen LogP contribution >= 0.6 is 23.2 Å². The molecule has 5 aromatic rings. The second kappa shape index (κ2) is 10.5. The highest BCUT2D eigenvalue weighted by molar-refractivity contribution is 6.35. The predicted octanol–water partition coefficient (Wildman–Crippen LogP) is 5.57. The number of nitrogens with one attached hydrogen (secondary N) is 2. The summed E-state index contributed by atoms with van der Waals surface area (Å²) in [7, 11) is 0. The lowest BCUT2D eigenvalue weighted by atomic mass is 10.0.